The Morgan fingerprint density at radius 3 is 2.77 bits per heavy atom. The Morgan fingerprint density at radius 1 is 1.23 bits per heavy atom. The molecule has 31 heavy (non-hydrogen) atoms. The SMILES string of the molecule is COc1cccc2c1CCN1C[C@H]3CCCN(S(=O)(=O)CCCNS(N)(=O)=O)[C@H]3C[C@@H]21. The zero-order valence-corrected chi connectivity index (χ0v) is 19.5. The van der Waals surface area contributed by atoms with Crippen molar-refractivity contribution in [3.05, 3.63) is 29.3 Å². The Kier molecular flexibility index (Phi) is 6.62. The molecule has 0 bridgehead atoms. The van der Waals surface area contributed by atoms with Gasteiger partial charge in [0.2, 0.25) is 10.0 Å². The van der Waals surface area contributed by atoms with Crippen LogP contribution in [-0.2, 0) is 26.7 Å². The molecule has 174 valence electrons. The Morgan fingerprint density at radius 2 is 2.03 bits per heavy atom. The molecule has 0 unspecified atom stereocenters. The number of rotatable bonds is 7. The normalized spacial score (nSPS) is 27.2. The maximum atomic E-state index is 13.2. The van der Waals surface area contributed by atoms with Crippen molar-refractivity contribution < 1.29 is 21.6 Å². The van der Waals surface area contributed by atoms with Crippen LogP contribution in [-0.4, -0.2) is 71.1 Å². The molecule has 0 aliphatic carbocycles. The minimum absolute atomic E-state index is 0.0174. The second kappa shape index (κ2) is 8.95. The van der Waals surface area contributed by atoms with Gasteiger partial charge in [-0.1, -0.05) is 12.1 Å². The highest BCUT2D eigenvalue weighted by molar-refractivity contribution is 7.89. The van der Waals surface area contributed by atoms with Crippen LogP contribution < -0.4 is 14.6 Å². The first kappa shape index (κ1) is 22.9. The minimum atomic E-state index is -3.81. The number of fused-ring (bicyclic) bond motifs is 4. The van der Waals surface area contributed by atoms with Gasteiger partial charge in [-0.25, -0.2) is 18.3 Å². The maximum absolute atomic E-state index is 13.2. The van der Waals surface area contributed by atoms with Crippen LogP contribution in [0.25, 0.3) is 0 Å². The average molecular weight is 473 g/mol. The van der Waals surface area contributed by atoms with Gasteiger partial charge in [-0.05, 0) is 49.7 Å². The highest BCUT2D eigenvalue weighted by atomic mass is 32.2. The average Bonchev–Trinajstić information content (AvgIpc) is 2.73. The van der Waals surface area contributed by atoms with Crippen molar-refractivity contribution in [3.8, 4) is 5.75 Å². The van der Waals surface area contributed by atoms with Crippen LogP contribution in [0.1, 0.15) is 42.9 Å². The van der Waals surface area contributed by atoms with Gasteiger partial charge in [0.25, 0.3) is 10.2 Å². The van der Waals surface area contributed by atoms with E-state index in [0.29, 0.717) is 12.5 Å². The van der Waals surface area contributed by atoms with E-state index in [1.54, 1.807) is 11.4 Å². The van der Waals surface area contributed by atoms with Gasteiger partial charge in [0.1, 0.15) is 5.75 Å². The molecule has 0 spiro atoms. The molecule has 0 amide bonds. The molecule has 1 aromatic carbocycles. The molecule has 0 saturated carbocycles. The Hall–Kier alpha value is -1.24. The number of methoxy groups -OCH3 is 1. The molecule has 2 fully saturated rings. The Labute approximate surface area is 185 Å². The van der Waals surface area contributed by atoms with Crippen LogP contribution in [0.2, 0.25) is 0 Å². The van der Waals surface area contributed by atoms with Crippen LogP contribution in [0.15, 0.2) is 18.2 Å². The van der Waals surface area contributed by atoms with Crippen LogP contribution in [0.4, 0.5) is 0 Å². The number of piperidine rings is 2. The summed E-state index contributed by atoms with van der Waals surface area (Å²) in [5.41, 5.74) is 2.49. The van der Waals surface area contributed by atoms with Crippen molar-refractivity contribution in [2.75, 3.05) is 39.0 Å². The van der Waals surface area contributed by atoms with E-state index in [1.165, 1.54) is 11.1 Å². The van der Waals surface area contributed by atoms with Crippen LogP contribution in [0.3, 0.4) is 0 Å². The molecule has 2 saturated heterocycles. The number of nitrogens with two attached hydrogens (primary N) is 1. The summed E-state index contributed by atoms with van der Waals surface area (Å²) in [6.45, 7) is 2.42. The first-order valence-electron chi connectivity index (χ1n) is 10.9. The van der Waals surface area contributed by atoms with Gasteiger partial charge in [-0.3, -0.25) is 4.90 Å². The minimum Gasteiger partial charge on any atom is -0.496 e. The summed E-state index contributed by atoms with van der Waals surface area (Å²) >= 11 is 0. The number of benzene rings is 1. The van der Waals surface area contributed by atoms with E-state index in [4.69, 9.17) is 9.88 Å². The molecular weight excluding hydrogens is 440 g/mol. The van der Waals surface area contributed by atoms with E-state index < -0.39 is 20.2 Å². The number of hydrogen-bond donors (Lipinski definition) is 2. The standard InChI is InChI=1S/C20H32N4O5S2/c1-29-20-7-2-6-16-17(20)8-11-23-14-15-5-3-10-24(18(15)13-19(16)23)30(25,26)12-4-9-22-31(21,27)28/h2,6-7,15,18-19,22H,3-5,8-14H2,1H3,(H2,21,27,28)/t15-,18+,19+/m1/s1. The van der Waals surface area contributed by atoms with Crippen LogP contribution in [0.5, 0.6) is 5.75 Å². The third-order valence-electron chi connectivity index (χ3n) is 6.88. The molecule has 3 atom stereocenters. The largest absolute Gasteiger partial charge is 0.496 e. The fourth-order valence-electron chi connectivity index (χ4n) is 5.54. The molecule has 3 aliphatic heterocycles. The molecule has 1 aromatic rings. The van der Waals surface area contributed by atoms with E-state index in [-0.39, 0.29) is 30.8 Å². The summed E-state index contributed by atoms with van der Waals surface area (Å²) in [6.07, 6.45) is 3.82. The summed E-state index contributed by atoms with van der Waals surface area (Å²) < 4.78 is 57.8. The lowest BCUT2D eigenvalue weighted by atomic mass is 9.77. The summed E-state index contributed by atoms with van der Waals surface area (Å²) in [5, 5.41) is 4.93. The lowest BCUT2D eigenvalue weighted by molar-refractivity contribution is 0.0217. The molecule has 3 N–H and O–H groups in total. The molecular formula is C20H32N4O5S2. The Bertz CT molecular complexity index is 1010. The van der Waals surface area contributed by atoms with Crippen molar-refractivity contribution >= 4 is 20.2 Å². The lowest BCUT2D eigenvalue weighted by Gasteiger charge is -2.51. The molecule has 9 nitrogen and oxygen atoms in total. The Balaban J connectivity index is 1.51. The number of nitrogens with zero attached hydrogens (tertiary/aromatic N) is 2. The topological polar surface area (TPSA) is 122 Å². The zero-order chi connectivity index (χ0) is 22.2. The predicted molar refractivity (Wildman–Crippen MR) is 118 cm³/mol. The van der Waals surface area contributed by atoms with Crippen molar-refractivity contribution in [2.24, 2.45) is 11.1 Å². The van der Waals surface area contributed by atoms with Gasteiger partial charge in [0.15, 0.2) is 0 Å². The van der Waals surface area contributed by atoms with Crippen molar-refractivity contribution in [1.29, 1.82) is 0 Å². The fraction of sp³-hybridized carbons (Fsp3) is 0.700. The molecule has 3 aliphatic rings. The second-order valence-electron chi connectivity index (χ2n) is 8.71. The number of ether oxygens (including phenoxy) is 1. The van der Waals surface area contributed by atoms with Crippen LogP contribution >= 0.6 is 0 Å². The van der Waals surface area contributed by atoms with Gasteiger partial charge in [0.05, 0.1) is 12.9 Å². The summed E-state index contributed by atoms with van der Waals surface area (Å²) in [7, 11) is -5.60. The van der Waals surface area contributed by atoms with Gasteiger partial charge in [0, 0.05) is 43.8 Å². The number of nitrogens with one attached hydrogen (secondary N) is 1. The quantitative estimate of drug-likeness (QED) is 0.560. The molecule has 0 radical (unpaired) electrons. The number of hydrogen-bond acceptors (Lipinski definition) is 6. The summed E-state index contributed by atoms with van der Waals surface area (Å²) in [6, 6.07) is 6.33. The van der Waals surface area contributed by atoms with Crippen molar-refractivity contribution in [2.45, 2.75) is 44.2 Å². The third-order valence-corrected chi connectivity index (χ3v) is 9.46. The maximum Gasteiger partial charge on any atom is 0.274 e. The smallest absolute Gasteiger partial charge is 0.274 e. The molecule has 11 heteroatoms. The van der Waals surface area contributed by atoms with Crippen molar-refractivity contribution in [3.63, 3.8) is 0 Å². The summed E-state index contributed by atoms with van der Waals surface area (Å²) in [5.74, 6) is 1.15. The van der Waals surface area contributed by atoms with Gasteiger partial charge in [-0.15, -0.1) is 0 Å². The zero-order valence-electron chi connectivity index (χ0n) is 17.9. The van der Waals surface area contributed by atoms with Gasteiger partial charge < -0.3 is 4.74 Å². The third kappa shape index (κ3) is 4.91. The predicted octanol–water partition coefficient (Wildman–Crippen LogP) is 0.592. The van der Waals surface area contributed by atoms with Gasteiger partial charge in [-0.2, -0.15) is 12.7 Å². The highest BCUT2D eigenvalue weighted by Crippen LogP contribution is 2.45. The van der Waals surface area contributed by atoms with Crippen molar-refractivity contribution in [1.82, 2.24) is 13.9 Å². The van der Waals surface area contributed by atoms with E-state index >= 15 is 0 Å². The number of sulfonamides is 1. The highest BCUT2D eigenvalue weighted by Gasteiger charge is 2.45. The first-order valence-corrected chi connectivity index (χ1v) is 14.0. The van der Waals surface area contributed by atoms with E-state index in [1.807, 2.05) is 12.1 Å². The molecule has 3 heterocycles. The van der Waals surface area contributed by atoms with Gasteiger partial charge >= 0.3 is 0 Å². The van der Waals surface area contributed by atoms with E-state index in [0.717, 1.165) is 44.5 Å². The van der Waals surface area contributed by atoms with E-state index in [2.05, 4.69) is 15.7 Å². The first-order chi connectivity index (χ1) is 14.7. The fourth-order valence-corrected chi connectivity index (χ4v) is 7.79. The van der Waals surface area contributed by atoms with Crippen LogP contribution in [0, 0.1) is 5.92 Å². The monoisotopic (exact) mass is 472 g/mol. The summed E-state index contributed by atoms with van der Waals surface area (Å²) in [4.78, 5) is 2.51. The second-order valence-corrected chi connectivity index (χ2v) is 12.1. The van der Waals surface area contributed by atoms with E-state index in [9.17, 15) is 16.8 Å². The molecule has 4 rings (SSSR count). The molecule has 0 aromatic heterocycles. The lowest BCUT2D eigenvalue weighted by Crippen LogP contribution is -2.57.